The highest BCUT2D eigenvalue weighted by molar-refractivity contribution is 7.89. The fourth-order valence-corrected chi connectivity index (χ4v) is 3.61. The van der Waals surface area contributed by atoms with Crippen LogP contribution in [0.1, 0.15) is 12.5 Å². The Hall–Kier alpha value is -0.900. The maximum Gasteiger partial charge on any atom is 0.402 e. The van der Waals surface area contributed by atoms with Crippen LogP contribution in [0.3, 0.4) is 0 Å². The van der Waals surface area contributed by atoms with E-state index in [2.05, 4.69) is 0 Å². The predicted molar refractivity (Wildman–Crippen MR) is 77.8 cm³/mol. The van der Waals surface area contributed by atoms with Crippen molar-refractivity contribution in [3.63, 3.8) is 0 Å². The van der Waals surface area contributed by atoms with Gasteiger partial charge in [0.15, 0.2) is 0 Å². The standard InChI is InChI=1S/C11H12ClF3N2O2S2/c1-2-17(6-11(13,14)15)21(18,19)7-3-4-8(10(16)20)9(12)5-7/h3-5H,2,6H2,1H3,(H2,16,20). The van der Waals surface area contributed by atoms with Gasteiger partial charge < -0.3 is 5.73 Å². The van der Waals surface area contributed by atoms with E-state index < -0.39 is 22.7 Å². The summed E-state index contributed by atoms with van der Waals surface area (Å²) < 4.78 is 61.9. The molecule has 0 aliphatic rings. The van der Waals surface area contributed by atoms with Gasteiger partial charge in [0.1, 0.15) is 11.5 Å². The molecule has 0 saturated heterocycles. The normalized spacial score (nSPS) is 12.7. The highest BCUT2D eigenvalue weighted by Crippen LogP contribution is 2.26. The SMILES string of the molecule is CCN(CC(F)(F)F)S(=O)(=O)c1ccc(C(N)=S)c(Cl)c1. The van der Waals surface area contributed by atoms with Crippen molar-refractivity contribution in [3.8, 4) is 0 Å². The predicted octanol–water partition coefficient (Wildman–Crippen LogP) is 2.55. The third-order valence-electron chi connectivity index (χ3n) is 2.55. The molecule has 2 N–H and O–H groups in total. The topological polar surface area (TPSA) is 63.4 Å². The molecule has 0 atom stereocenters. The molecule has 0 saturated carbocycles. The third kappa shape index (κ3) is 4.53. The van der Waals surface area contributed by atoms with Crippen molar-refractivity contribution in [2.24, 2.45) is 5.73 Å². The Morgan fingerprint density at radius 2 is 2.00 bits per heavy atom. The van der Waals surface area contributed by atoms with E-state index in [9.17, 15) is 21.6 Å². The average Bonchev–Trinajstić information content (AvgIpc) is 2.34. The van der Waals surface area contributed by atoms with Crippen molar-refractivity contribution >= 4 is 38.8 Å². The lowest BCUT2D eigenvalue weighted by molar-refractivity contribution is -0.135. The van der Waals surface area contributed by atoms with Gasteiger partial charge in [0.05, 0.1) is 9.92 Å². The largest absolute Gasteiger partial charge is 0.402 e. The van der Waals surface area contributed by atoms with E-state index in [0.29, 0.717) is 4.31 Å². The van der Waals surface area contributed by atoms with Crippen molar-refractivity contribution in [1.29, 1.82) is 0 Å². The molecule has 0 amide bonds. The Labute approximate surface area is 130 Å². The Kier molecular flexibility index (Phi) is 5.59. The fourth-order valence-electron chi connectivity index (χ4n) is 1.57. The van der Waals surface area contributed by atoms with Crippen LogP contribution in [0, 0.1) is 0 Å². The lowest BCUT2D eigenvalue weighted by Gasteiger charge is -2.22. The van der Waals surface area contributed by atoms with Gasteiger partial charge in [0, 0.05) is 12.1 Å². The average molecular weight is 361 g/mol. The minimum atomic E-state index is -4.63. The summed E-state index contributed by atoms with van der Waals surface area (Å²) >= 11 is 10.6. The van der Waals surface area contributed by atoms with Crippen LogP contribution < -0.4 is 5.73 Å². The molecule has 0 unspecified atom stereocenters. The molecule has 0 spiro atoms. The molecule has 1 aromatic carbocycles. The number of rotatable bonds is 5. The summed E-state index contributed by atoms with van der Waals surface area (Å²) in [7, 11) is -4.30. The first kappa shape index (κ1) is 18.1. The van der Waals surface area contributed by atoms with Gasteiger partial charge in [-0.25, -0.2) is 8.42 Å². The van der Waals surface area contributed by atoms with Gasteiger partial charge in [-0.2, -0.15) is 17.5 Å². The lowest BCUT2D eigenvalue weighted by Crippen LogP contribution is -2.38. The molecule has 0 radical (unpaired) electrons. The second-order valence-corrected chi connectivity index (χ2v) is 6.84. The number of sulfonamides is 1. The van der Waals surface area contributed by atoms with Crippen molar-refractivity contribution in [1.82, 2.24) is 4.31 Å². The van der Waals surface area contributed by atoms with Crippen molar-refractivity contribution < 1.29 is 21.6 Å². The third-order valence-corrected chi connectivity index (χ3v) is 5.00. The van der Waals surface area contributed by atoms with E-state index in [1.165, 1.54) is 13.0 Å². The molecule has 10 heteroatoms. The number of thiocarbonyl (C=S) groups is 1. The van der Waals surface area contributed by atoms with E-state index in [0.717, 1.165) is 12.1 Å². The zero-order chi connectivity index (χ0) is 16.4. The van der Waals surface area contributed by atoms with Gasteiger partial charge in [-0.1, -0.05) is 30.7 Å². The summed E-state index contributed by atoms with van der Waals surface area (Å²) in [6.45, 7) is -0.578. The molecule has 0 aliphatic carbocycles. The smallest absolute Gasteiger partial charge is 0.389 e. The maximum atomic E-state index is 12.4. The Morgan fingerprint density at radius 3 is 2.38 bits per heavy atom. The molecule has 1 aromatic rings. The molecule has 0 bridgehead atoms. The Bertz CT molecular complexity index is 647. The van der Waals surface area contributed by atoms with Gasteiger partial charge >= 0.3 is 6.18 Å². The summed E-state index contributed by atoms with van der Waals surface area (Å²) in [6, 6.07) is 3.41. The number of nitrogens with two attached hydrogens (primary N) is 1. The van der Waals surface area contributed by atoms with Crippen LogP contribution in [-0.2, 0) is 10.0 Å². The number of benzene rings is 1. The van der Waals surface area contributed by atoms with E-state index in [1.807, 2.05) is 0 Å². The molecule has 4 nitrogen and oxygen atoms in total. The van der Waals surface area contributed by atoms with Gasteiger partial charge in [0.2, 0.25) is 10.0 Å². The number of alkyl halides is 3. The minimum absolute atomic E-state index is 0.0355. The molecule has 0 fully saturated rings. The van der Waals surface area contributed by atoms with Gasteiger partial charge in [-0.3, -0.25) is 0 Å². The summed E-state index contributed by atoms with van der Waals surface area (Å²) in [4.78, 5) is -0.384. The quantitative estimate of drug-likeness (QED) is 0.820. The van der Waals surface area contributed by atoms with Crippen LogP contribution in [0.15, 0.2) is 23.1 Å². The summed E-state index contributed by atoms with van der Waals surface area (Å²) in [5.41, 5.74) is 5.64. The first-order chi connectivity index (χ1) is 9.49. The second-order valence-electron chi connectivity index (χ2n) is 4.05. The molecular weight excluding hydrogens is 349 g/mol. The minimum Gasteiger partial charge on any atom is -0.389 e. The monoisotopic (exact) mass is 360 g/mol. The van der Waals surface area contributed by atoms with Gasteiger partial charge in [0.25, 0.3) is 0 Å². The van der Waals surface area contributed by atoms with Crippen LogP contribution in [0.4, 0.5) is 13.2 Å². The lowest BCUT2D eigenvalue weighted by atomic mass is 10.2. The molecular formula is C11H12ClF3N2O2S2. The van der Waals surface area contributed by atoms with Crippen LogP contribution in [-0.4, -0.2) is 37.0 Å². The van der Waals surface area contributed by atoms with E-state index >= 15 is 0 Å². The summed E-state index contributed by atoms with van der Waals surface area (Å²) in [5.74, 6) is 0. The highest BCUT2D eigenvalue weighted by Gasteiger charge is 2.36. The van der Waals surface area contributed by atoms with Gasteiger partial charge in [-0.05, 0) is 18.2 Å². The van der Waals surface area contributed by atoms with E-state index in [1.54, 1.807) is 0 Å². The van der Waals surface area contributed by atoms with Crippen molar-refractivity contribution in [2.45, 2.75) is 18.0 Å². The van der Waals surface area contributed by atoms with Crippen LogP contribution in [0.2, 0.25) is 5.02 Å². The second kappa shape index (κ2) is 6.47. The number of halogens is 4. The van der Waals surface area contributed by atoms with Crippen LogP contribution >= 0.6 is 23.8 Å². The van der Waals surface area contributed by atoms with Crippen LogP contribution in [0.25, 0.3) is 0 Å². The van der Waals surface area contributed by atoms with Crippen LogP contribution in [0.5, 0.6) is 0 Å². The summed E-state index contributed by atoms with van der Waals surface area (Å²) in [5, 5.41) is -0.0355. The first-order valence-electron chi connectivity index (χ1n) is 5.65. The zero-order valence-electron chi connectivity index (χ0n) is 10.8. The molecule has 0 heterocycles. The maximum absolute atomic E-state index is 12.4. The molecule has 1 rings (SSSR count). The molecule has 21 heavy (non-hydrogen) atoms. The first-order valence-corrected chi connectivity index (χ1v) is 7.88. The zero-order valence-corrected chi connectivity index (χ0v) is 13.2. The molecule has 118 valence electrons. The van der Waals surface area contributed by atoms with Gasteiger partial charge in [-0.15, -0.1) is 0 Å². The van der Waals surface area contributed by atoms with Crippen molar-refractivity contribution in [2.75, 3.05) is 13.1 Å². The van der Waals surface area contributed by atoms with E-state index in [4.69, 9.17) is 29.6 Å². The van der Waals surface area contributed by atoms with Crippen molar-refractivity contribution in [3.05, 3.63) is 28.8 Å². The van der Waals surface area contributed by atoms with E-state index in [-0.39, 0.29) is 27.0 Å². The number of hydrogen-bond donors (Lipinski definition) is 1. The molecule has 0 aromatic heterocycles. The highest BCUT2D eigenvalue weighted by atomic mass is 35.5. The number of nitrogens with zero attached hydrogens (tertiary/aromatic N) is 1. The summed E-state index contributed by atoms with van der Waals surface area (Å²) in [6.07, 6.45) is -4.63. The fraction of sp³-hybridized carbons (Fsp3) is 0.364. The molecule has 0 aliphatic heterocycles. The number of hydrogen-bond acceptors (Lipinski definition) is 3. The Balaban J connectivity index is 3.23. The Morgan fingerprint density at radius 1 is 1.43 bits per heavy atom.